The van der Waals surface area contributed by atoms with Crippen LogP contribution < -0.4 is 11.1 Å². The molecular formula is C15H26N4. The van der Waals surface area contributed by atoms with Gasteiger partial charge in [-0.2, -0.15) is 0 Å². The van der Waals surface area contributed by atoms with Gasteiger partial charge in [-0.15, -0.1) is 0 Å². The zero-order chi connectivity index (χ0) is 13.7. The zero-order valence-electron chi connectivity index (χ0n) is 12.2. The van der Waals surface area contributed by atoms with Crippen LogP contribution in [0.5, 0.6) is 0 Å². The van der Waals surface area contributed by atoms with Gasteiger partial charge in [0.25, 0.3) is 0 Å². The monoisotopic (exact) mass is 262 g/mol. The molecule has 0 atom stereocenters. The average Bonchev–Trinajstić information content (AvgIpc) is 2.42. The van der Waals surface area contributed by atoms with Crippen molar-refractivity contribution >= 4 is 11.6 Å². The predicted molar refractivity (Wildman–Crippen MR) is 80.2 cm³/mol. The van der Waals surface area contributed by atoms with E-state index in [9.17, 15) is 0 Å². The van der Waals surface area contributed by atoms with Crippen molar-refractivity contribution in [2.75, 3.05) is 17.6 Å². The third kappa shape index (κ3) is 3.82. The molecule has 0 bridgehead atoms. The molecule has 0 unspecified atom stereocenters. The Hall–Kier alpha value is -1.32. The van der Waals surface area contributed by atoms with Crippen molar-refractivity contribution < 1.29 is 0 Å². The molecule has 106 valence electrons. The molecule has 1 heterocycles. The van der Waals surface area contributed by atoms with E-state index in [1.54, 1.807) is 0 Å². The average molecular weight is 262 g/mol. The molecule has 0 radical (unpaired) electrons. The maximum Gasteiger partial charge on any atom is 0.134 e. The van der Waals surface area contributed by atoms with Gasteiger partial charge in [-0.1, -0.05) is 26.2 Å². The Morgan fingerprint density at radius 2 is 1.95 bits per heavy atom. The van der Waals surface area contributed by atoms with Crippen LogP contribution in [-0.4, -0.2) is 16.5 Å². The minimum atomic E-state index is 0.615. The van der Waals surface area contributed by atoms with E-state index in [2.05, 4.69) is 22.2 Å². The summed E-state index contributed by atoms with van der Waals surface area (Å²) in [5.41, 5.74) is 6.95. The number of nitrogens with zero attached hydrogens (tertiary/aromatic N) is 2. The summed E-state index contributed by atoms with van der Waals surface area (Å²) in [6.07, 6.45) is 8.77. The van der Waals surface area contributed by atoms with Gasteiger partial charge in [-0.25, -0.2) is 9.97 Å². The first-order valence-electron chi connectivity index (χ1n) is 7.57. The van der Waals surface area contributed by atoms with Gasteiger partial charge in [-0.05, 0) is 32.1 Å². The largest absolute Gasteiger partial charge is 0.383 e. The summed E-state index contributed by atoms with van der Waals surface area (Å²) in [6, 6.07) is 0. The summed E-state index contributed by atoms with van der Waals surface area (Å²) in [6.45, 7) is 5.14. The van der Waals surface area contributed by atoms with Gasteiger partial charge in [0.2, 0.25) is 0 Å². The zero-order valence-corrected chi connectivity index (χ0v) is 12.2. The number of nitrogens with one attached hydrogen (secondary N) is 1. The van der Waals surface area contributed by atoms with E-state index in [-0.39, 0.29) is 0 Å². The smallest absolute Gasteiger partial charge is 0.134 e. The van der Waals surface area contributed by atoms with Gasteiger partial charge in [0.15, 0.2) is 0 Å². The van der Waals surface area contributed by atoms with E-state index in [4.69, 9.17) is 5.73 Å². The Morgan fingerprint density at radius 1 is 1.21 bits per heavy atom. The van der Waals surface area contributed by atoms with E-state index >= 15 is 0 Å². The summed E-state index contributed by atoms with van der Waals surface area (Å²) in [5, 5.41) is 3.49. The number of hydrogen-bond acceptors (Lipinski definition) is 4. The lowest BCUT2D eigenvalue weighted by molar-refractivity contribution is 0.373. The predicted octanol–water partition coefficient (Wildman–Crippen LogP) is 3.31. The Labute approximate surface area is 116 Å². The van der Waals surface area contributed by atoms with Crippen LogP contribution in [0.3, 0.4) is 0 Å². The summed E-state index contributed by atoms with van der Waals surface area (Å²) >= 11 is 0. The number of nitrogen functional groups attached to an aromatic ring is 1. The van der Waals surface area contributed by atoms with E-state index in [1.807, 2.05) is 6.92 Å². The van der Waals surface area contributed by atoms with Crippen LogP contribution in [0.1, 0.15) is 56.8 Å². The van der Waals surface area contributed by atoms with E-state index < -0.39 is 0 Å². The highest BCUT2D eigenvalue weighted by atomic mass is 15.1. The molecule has 1 fully saturated rings. The highest BCUT2D eigenvalue weighted by molar-refractivity contribution is 5.54. The number of hydrogen-bond donors (Lipinski definition) is 2. The Balaban J connectivity index is 2.01. The fourth-order valence-corrected chi connectivity index (χ4v) is 2.72. The van der Waals surface area contributed by atoms with Gasteiger partial charge in [-0.3, -0.25) is 0 Å². The molecule has 0 aromatic carbocycles. The molecule has 0 amide bonds. The lowest BCUT2D eigenvalue weighted by Gasteiger charge is -2.22. The van der Waals surface area contributed by atoms with Crippen LogP contribution in [0.25, 0.3) is 0 Å². The third-order valence-electron chi connectivity index (χ3n) is 3.99. The molecule has 0 saturated heterocycles. The molecule has 3 N–H and O–H groups in total. The van der Waals surface area contributed by atoms with Gasteiger partial charge in [0.05, 0.1) is 0 Å². The quantitative estimate of drug-likeness (QED) is 0.854. The maximum absolute atomic E-state index is 5.97. The van der Waals surface area contributed by atoms with E-state index in [1.165, 1.54) is 32.1 Å². The molecule has 1 saturated carbocycles. The summed E-state index contributed by atoms with van der Waals surface area (Å²) in [4.78, 5) is 8.95. The van der Waals surface area contributed by atoms with Crippen LogP contribution in [0, 0.1) is 12.8 Å². The second-order valence-corrected chi connectivity index (χ2v) is 5.63. The lowest BCUT2D eigenvalue weighted by atomic mass is 9.89. The Morgan fingerprint density at radius 3 is 2.63 bits per heavy atom. The lowest BCUT2D eigenvalue weighted by Crippen LogP contribution is -2.19. The summed E-state index contributed by atoms with van der Waals surface area (Å²) in [5.74, 6) is 3.20. The number of aryl methyl sites for hydroxylation is 1. The Kier molecular flexibility index (Phi) is 5.00. The van der Waals surface area contributed by atoms with Crippen molar-refractivity contribution in [3.05, 3.63) is 11.4 Å². The molecule has 1 aromatic heterocycles. The highest BCUT2D eigenvalue weighted by Crippen LogP contribution is 2.25. The van der Waals surface area contributed by atoms with Crippen LogP contribution in [0.2, 0.25) is 0 Å². The maximum atomic E-state index is 5.97. The van der Waals surface area contributed by atoms with Crippen molar-refractivity contribution in [3.8, 4) is 0 Å². The highest BCUT2D eigenvalue weighted by Gasteiger charge is 2.14. The fraction of sp³-hybridized carbons (Fsp3) is 0.733. The third-order valence-corrected chi connectivity index (χ3v) is 3.99. The molecule has 1 aliphatic carbocycles. The van der Waals surface area contributed by atoms with Crippen LogP contribution in [0.15, 0.2) is 0 Å². The molecule has 1 aromatic rings. The number of rotatable bonds is 5. The molecule has 4 heteroatoms. The Bertz CT molecular complexity index is 411. The molecule has 2 rings (SSSR count). The standard InChI is InChI=1S/C15H26N4/c1-3-7-13-18-14(16)11(2)15(19-13)17-10-12-8-5-4-6-9-12/h12H,3-10H2,1-2H3,(H3,16,17,18,19). The summed E-state index contributed by atoms with van der Waals surface area (Å²) < 4.78 is 0. The molecular weight excluding hydrogens is 236 g/mol. The van der Waals surface area contributed by atoms with Crippen molar-refractivity contribution in [2.24, 2.45) is 5.92 Å². The molecule has 4 nitrogen and oxygen atoms in total. The summed E-state index contributed by atoms with van der Waals surface area (Å²) in [7, 11) is 0. The van der Waals surface area contributed by atoms with Crippen molar-refractivity contribution in [3.63, 3.8) is 0 Å². The van der Waals surface area contributed by atoms with Gasteiger partial charge >= 0.3 is 0 Å². The van der Waals surface area contributed by atoms with Crippen LogP contribution in [0.4, 0.5) is 11.6 Å². The van der Waals surface area contributed by atoms with Crippen LogP contribution >= 0.6 is 0 Å². The fourth-order valence-electron chi connectivity index (χ4n) is 2.72. The first kappa shape index (κ1) is 14.1. The SMILES string of the molecule is CCCc1nc(N)c(C)c(NCC2CCCCC2)n1. The molecule has 0 spiro atoms. The van der Waals surface area contributed by atoms with E-state index in [0.29, 0.717) is 5.82 Å². The topological polar surface area (TPSA) is 63.8 Å². The molecule has 0 aliphatic heterocycles. The first-order chi connectivity index (χ1) is 9.20. The molecule has 1 aliphatic rings. The van der Waals surface area contributed by atoms with Crippen molar-refractivity contribution in [1.82, 2.24) is 9.97 Å². The van der Waals surface area contributed by atoms with Gasteiger partial charge in [0, 0.05) is 18.5 Å². The van der Waals surface area contributed by atoms with Gasteiger partial charge < -0.3 is 11.1 Å². The minimum absolute atomic E-state index is 0.615. The minimum Gasteiger partial charge on any atom is -0.383 e. The van der Waals surface area contributed by atoms with Crippen LogP contribution in [-0.2, 0) is 6.42 Å². The van der Waals surface area contributed by atoms with Gasteiger partial charge in [0.1, 0.15) is 17.5 Å². The first-order valence-corrected chi connectivity index (χ1v) is 7.57. The number of aromatic nitrogens is 2. The normalized spacial score (nSPS) is 16.5. The second kappa shape index (κ2) is 6.73. The second-order valence-electron chi connectivity index (χ2n) is 5.63. The van der Waals surface area contributed by atoms with Crippen molar-refractivity contribution in [1.29, 1.82) is 0 Å². The van der Waals surface area contributed by atoms with Crippen molar-refractivity contribution in [2.45, 2.75) is 58.8 Å². The number of anilines is 2. The number of nitrogens with two attached hydrogens (primary N) is 1. The van der Waals surface area contributed by atoms with E-state index in [0.717, 1.165) is 42.5 Å². The molecule has 19 heavy (non-hydrogen) atoms.